The molecule has 0 spiro atoms. The van der Waals surface area contributed by atoms with Crippen molar-refractivity contribution in [1.29, 1.82) is 0 Å². The molecule has 0 rings (SSSR count). The Bertz CT molecular complexity index is 226. The van der Waals surface area contributed by atoms with E-state index in [4.69, 9.17) is 0 Å². The van der Waals surface area contributed by atoms with E-state index in [-0.39, 0.29) is 6.61 Å². The van der Waals surface area contributed by atoms with E-state index in [2.05, 4.69) is 9.47 Å². The van der Waals surface area contributed by atoms with E-state index in [0.717, 1.165) is 0 Å². The number of rotatable bonds is 5. The Morgan fingerprint density at radius 1 is 1.12 bits per heavy atom. The maximum atomic E-state index is 12.3. The summed E-state index contributed by atoms with van der Waals surface area (Å²) in [6.45, 7) is 1.00. The van der Waals surface area contributed by atoms with Gasteiger partial charge in [-0.1, -0.05) is 0 Å². The summed E-state index contributed by atoms with van der Waals surface area (Å²) in [5.74, 6) is -4.76. The molecule has 16 heavy (non-hydrogen) atoms. The van der Waals surface area contributed by atoms with E-state index in [9.17, 15) is 26.7 Å². The summed E-state index contributed by atoms with van der Waals surface area (Å²) in [7, 11) is 0. The predicted molar refractivity (Wildman–Crippen MR) is 43.2 cm³/mol. The lowest BCUT2D eigenvalue weighted by atomic mass is 10.2. The minimum Gasteiger partial charge on any atom is -0.435 e. The highest BCUT2D eigenvalue weighted by molar-refractivity contribution is 5.59. The van der Waals surface area contributed by atoms with Crippen molar-refractivity contribution in [2.45, 2.75) is 31.9 Å². The molecule has 0 radical (unpaired) electrons. The van der Waals surface area contributed by atoms with Crippen molar-refractivity contribution in [3.63, 3.8) is 0 Å². The van der Waals surface area contributed by atoms with Gasteiger partial charge in [0.15, 0.2) is 0 Å². The van der Waals surface area contributed by atoms with Gasteiger partial charge in [0.1, 0.15) is 0 Å². The lowest BCUT2D eigenvalue weighted by Gasteiger charge is -2.18. The molecule has 0 N–H and O–H groups in total. The second-order valence-corrected chi connectivity index (χ2v) is 2.84. The van der Waals surface area contributed by atoms with E-state index in [1.165, 1.54) is 6.92 Å². The fourth-order valence-corrected chi connectivity index (χ4v) is 0.751. The highest BCUT2D eigenvalue weighted by atomic mass is 19.4. The fourth-order valence-electron chi connectivity index (χ4n) is 0.751. The molecule has 0 amide bonds. The van der Waals surface area contributed by atoms with Gasteiger partial charge in [0.25, 0.3) is 0 Å². The van der Waals surface area contributed by atoms with E-state index < -0.39 is 37.7 Å². The highest BCUT2D eigenvalue weighted by Crippen LogP contribution is 2.38. The van der Waals surface area contributed by atoms with Gasteiger partial charge in [0.05, 0.1) is 13.2 Å². The van der Waals surface area contributed by atoms with Crippen molar-refractivity contribution in [2.75, 3.05) is 13.2 Å². The molecule has 0 aromatic carbocycles. The van der Waals surface area contributed by atoms with E-state index >= 15 is 0 Å². The molecule has 0 heterocycles. The molecule has 0 aromatic heterocycles. The van der Waals surface area contributed by atoms with Gasteiger partial charge in [-0.3, -0.25) is 0 Å². The summed E-state index contributed by atoms with van der Waals surface area (Å²) < 4.78 is 68.1. The third kappa shape index (κ3) is 5.13. The van der Waals surface area contributed by atoms with E-state index in [1.54, 1.807) is 0 Å². The Kier molecular flexibility index (Phi) is 5.46. The van der Waals surface area contributed by atoms with Crippen molar-refractivity contribution in [2.24, 2.45) is 0 Å². The maximum Gasteiger partial charge on any atom is 0.508 e. The van der Waals surface area contributed by atoms with Crippen molar-refractivity contribution in [3.8, 4) is 0 Å². The zero-order valence-electron chi connectivity index (χ0n) is 8.44. The summed E-state index contributed by atoms with van der Waals surface area (Å²) >= 11 is 0. The van der Waals surface area contributed by atoms with Crippen LogP contribution < -0.4 is 0 Å². The molecular formula is C8H11F5O3. The van der Waals surface area contributed by atoms with Crippen LogP contribution in [0.1, 0.15) is 19.8 Å². The van der Waals surface area contributed by atoms with Gasteiger partial charge in [0, 0.05) is 6.42 Å². The maximum absolute atomic E-state index is 12.3. The second-order valence-electron chi connectivity index (χ2n) is 2.84. The lowest BCUT2D eigenvalue weighted by Crippen LogP contribution is -2.36. The third-order valence-corrected chi connectivity index (χ3v) is 1.53. The van der Waals surface area contributed by atoms with Crippen LogP contribution >= 0.6 is 0 Å². The van der Waals surface area contributed by atoms with Crippen LogP contribution in [0.2, 0.25) is 0 Å². The Morgan fingerprint density at radius 2 is 1.69 bits per heavy atom. The first-order valence-electron chi connectivity index (χ1n) is 4.45. The van der Waals surface area contributed by atoms with Gasteiger partial charge in [0.2, 0.25) is 0 Å². The number of hydrogen-bond donors (Lipinski definition) is 0. The number of halogens is 5. The largest absolute Gasteiger partial charge is 0.508 e. The Hall–Kier alpha value is -1.08. The van der Waals surface area contributed by atoms with Crippen LogP contribution in [0.25, 0.3) is 0 Å². The smallest absolute Gasteiger partial charge is 0.435 e. The number of alkyl halides is 5. The molecule has 8 heteroatoms. The number of hydrogen-bond acceptors (Lipinski definition) is 3. The molecule has 3 nitrogen and oxygen atoms in total. The first-order chi connectivity index (χ1) is 7.20. The van der Waals surface area contributed by atoms with Crippen LogP contribution in [-0.4, -0.2) is 31.5 Å². The average molecular weight is 250 g/mol. The number of carbonyl (C=O) groups excluding carboxylic acids is 1. The molecule has 0 unspecified atom stereocenters. The van der Waals surface area contributed by atoms with Gasteiger partial charge < -0.3 is 9.47 Å². The van der Waals surface area contributed by atoms with Gasteiger partial charge in [-0.25, -0.2) is 4.79 Å². The molecule has 0 fully saturated rings. The fraction of sp³-hybridized carbons (Fsp3) is 0.875. The zero-order chi connectivity index (χ0) is 12.8. The first-order valence-corrected chi connectivity index (χ1v) is 4.45. The van der Waals surface area contributed by atoms with E-state index in [0.29, 0.717) is 0 Å². The first kappa shape index (κ1) is 14.9. The Morgan fingerprint density at radius 3 is 2.12 bits per heavy atom. The van der Waals surface area contributed by atoms with Crippen LogP contribution in [0.4, 0.5) is 26.7 Å². The molecule has 0 bridgehead atoms. The highest BCUT2D eigenvalue weighted by Gasteiger charge is 2.56. The van der Waals surface area contributed by atoms with Crippen LogP contribution in [0.3, 0.4) is 0 Å². The number of carbonyl (C=O) groups is 1. The minimum absolute atomic E-state index is 0.0392. The SMILES string of the molecule is CCOC(=O)OCCCC(F)(F)C(F)(F)F. The van der Waals surface area contributed by atoms with Gasteiger partial charge in [-0.15, -0.1) is 0 Å². The van der Waals surface area contributed by atoms with Crippen LogP contribution in [-0.2, 0) is 9.47 Å². The number of ether oxygens (including phenoxy) is 2. The summed E-state index contributed by atoms with van der Waals surface area (Å²) in [6.07, 6.45) is -8.67. The standard InChI is InChI=1S/C8H11F5O3/c1-2-15-6(14)16-5-3-4-7(9,10)8(11,12)13/h2-5H2,1H3. The molecule has 0 aliphatic rings. The summed E-state index contributed by atoms with van der Waals surface area (Å²) in [5, 5.41) is 0. The third-order valence-electron chi connectivity index (χ3n) is 1.53. The van der Waals surface area contributed by atoms with Crippen molar-refractivity contribution < 1.29 is 36.2 Å². The summed E-state index contributed by atoms with van der Waals surface area (Å²) in [5.41, 5.74) is 0. The molecule has 0 aliphatic heterocycles. The normalized spacial score (nSPS) is 12.4. The minimum atomic E-state index is -5.57. The average Bonchev–Trinajstić information content (AvgIpc) is 2.11. The Balaban J connectivity index is 3.78. The Labute approximate surface area is 88.5 Å². The lowest BCUT2D eigenvalue weighted by molar-refractivity contribution is -0.284. The molecule has 96 valence electrons. The summed E-state index contributed by atoms with van der Waals surface area (Å²) in [6, 6.07) is 0. The quantitative estimate of drug-likeness (QED) is 0.427. The second kappa shape index (κ2) is 5.86. The zero-order valence-corrected chi connectivity index (χ0v) is 8.44. The van der Waals surface area contributed by atoms with Crippen molar-refractivity contribution >= 4 is 6.16 Å². The van der Waals surface area contributed by atoms with Crippen molar-refractivity contribution in [3.05, 3.63) is 0 Å². The molecule has 0 aliphatic carbocycles. The molecule has 0 aromatic rings. The van der Waals surface area contributed by atoms with Crippen LogP contribution in [0, 0.1) is 0 Å². The van der Waals surface area contributed by atoms with E-state index in [1.807, 2.05) is 0 Å². The van der Waals surface area contributed by atoms with Gasteiger partial charge >= 0.3 is 18.3 Å². The molecule has 0 atom stereocenters. The van der Waals surface area contributed by atoms with Crippen LogP contribution in [0.15, 0.2) is 0 Å². The topological polar surface area (TPSA) is 35.5 Å². The van der Waals surface area contributed by atoms with Gasteiger partial charge in [-0.05, 0) is 13.3 Å². The predicted octanol–water partition coefficient (Wildman–Crippen LogP) is 3.14. The molecule has 0 saturated heterocycles. The van der Waals surface area contributed by atoms with Crippen molar-refractivity contribution in [1.82, 2.24) is 0 Å². The monoisotopic (exact) mass is 250 g/mol. The van der Waals surface area contributed by atoms with Gasteiger partial charge in [-0.2, -0.15) is 22.0 Å². The molecular weight excluding hydrogens is 239 g/mol. The molecule has 0 saturated carbocycles. The van der Waals surface area contributed by atoms with Crippen LogP contribution in [0.5, 0.6) is 0 Å². The summed E-state index contributed by atoms with van der Waals surface area (Å²) in [4.78, 5) is 10.5.